The molecule has 0 aromatic carbocycles. The van der Waals surface area contributed by atoms with E-state index in [4.69, 9.17) is 5.73 Å². The van der Waals surface area contributed by atoms with Crippen LogP contribution in [0.4, 0.5) is 5.00 Å². The highest BCUT2D eigenvalue weighted by atomic mass is 32.1. The monoisotopic (exact) mass is 358 g/mol. The van der Waals surface area contributed by atoms with E-state index in [1.807, 2.05) is 26.0 Å². The summed E-state index contributed by atoms with van der Waals surface area (Å²) in [6.45, 7) is 7.50. The van der Waals surface area contributed by atoms with Gasteiger partial charge in [0.15, 0.2) is 0 Å². The second kappa shape index (κ2) is 8.48. The van der Waals surface area contributed by atoms with E-state index in [1.165, 1.54) is 11.3 Å². The Bertz CT molecular complexity index is 793. The number of pyridine rings is 1. The van der Waals surface area contributed by atoms with Gasteiger partial charge in [-0.3, -0.25) is 14.8 Å². The number of amides is 1. The summed E-state index contributed by atoms with van der Waals surface area (Å²) in [5.41, 5.74) is 7.22. The summed E-state index contributed by atoms with van der Waals surface area (Å²) in [5.74, 6) is 0.620. The predicted octanol–water partition coefficient (Wildman–Crippen LogP) is 2.88. The number of amidine groups is 2. The minimum atomic E-state index is -0.286. The molecule has 2 aromatic rings. The molecule has 0 bridgehead atoms. The van der Waals surface area contributed by atoms with Gasteiger partial charge in [0.1, 0.15) is 15.8 Å². The summed E-state index contributed by atoms with van der Waals surface area (Å²) in [6, 6.07) is 3.80. The predicted molar refractivity (Wildman–Crippen MR) is 103 cm³/mol. The molecule has 3 N–H and O–H groups in total. The number of nitrogens with two attached hydrogens (primary N) is 1. The third kappa shape index (κ3) is 5.46. The average Bonchev–Trinajstić information content (AvgIpc) is 2.93. The highest BCUT2D eigenvalue weighted by Crippen LogP contribution is 2.31. The summed E-state index contributed by atoms with van der Waals surface area (Å²) in [5, 5.41) is 4.50. The second-order valence-electron chi connectivity index (χ2n) is 5.71. The van der Waals surface area contributed by atoms with Gasteiger partial charge in [0.2, 0.25) is 5.91 Å². The molecule has 0 fully saturated rings. The van der Waals surface area contributed by atoms with E-state index in [9.17, 15) is 4.79 Å². The van der Waals surface area contributed by atoms with E-state index < -0.39 is 0 Å². The van der Waals surface area contributed by atoms with Gasteiger partial charge in [0, 0.05) is 18.0 Å². The first-order valence-electron chi connectivity index (χ1n) is 7.87. The highest BCUT2D eigenvalue weighted by molar-refractivity contribution is 7.19. The molecule has 8 heteroatoms. The van der Waals surface area contributed by atoms with E-state index in [0.29, 0.717) is 18.2 Å². The molecule has 0 radical (unpaired) electrons. The van der Waals surface area contributed by atoms with Gasteiger partial charge in [-0.2, -0.15) is 0 Å². The fraction of sp³-hybridized carbons (Fsp3) is 0.353. The van der Waals surface area contributed by atoms with Crippen molar-refractivity contribution in [3.63, 3.8) is 0 Å². The van der Waals surface area contributed by atoms with Crippen LogP contribution in [-0.4, -0.2) is 34.1 Å². The molecule has 7 nitrogen and oxygen atoms in total. The molecule has 2 heterocycles. The van der Waals surface area contributed by atoms with Crippen LogP contribution >= 0.6 is 11.3 Å². The van der Waals surface area contributed by atoms with Crippen molar-refractivity contribution in [1.29, 1.82) is 0 Å². The lowest BCUT2D eigenvalue weighted by atomic mass is 10.1. The summed E-state index contributed by atoms with van der Waals surface area (Å²) >= 11 is 1.43. The van der Waals surface area contributed by atoms with Gasteiger partial charge in [0.25, 0.3) is 0 Å². The van der Waals surface area contributed by atoms with Crippen molar-refractivity contribution in [3.05, 3.63) is 30.2 Å². The zero-order chi connectivity index (χ0) is 18.4. The van der Waals surface area contributed by atoms with Crippen LogP contribution in [0.25, 0.3) is 10.6 Å². The zero-order valence-corrected chi connectivity index (χ0v) is 15.6. The van der Waals surface area contributed by atoms with Crippen LogP contribution < -0.4 is 11.1 Å². The fourth-order valence-electron chi connectivity index (χ4n) is 2.00. The number of thiazole rings is 1. The topological polar surface area (TPSA) is 106 Å². The van der Waals surface area contributed by atoms with Gasteiger partial charge in [0.05, 0.1) is 24.0 Å². The van der Waals surface area contributed by atoms with Crippen molar-refractivity contribution in [1.82, 2.24) is 9.97 Å². The molecule has 2 rings (SSSR count). The van der Waals surface area contributed by atoms with E-state index >= 15 is 0 Å². The highest BCUT2D eigenvalue weighted by Gasteiger charge is 2.16. The number of aliphatic imine (C=N–C) groups is 2. The normalized spacial score (nSPS) is 13.6. The molecule has 0 saturated heterocycles. The Morgan fingerprint density at radius 1 is 1.44 bits per heavy atom. The lowest BCUT2D eigenvalue weighted by Gasteiger charge is -2.09. The number of aromatic nitrogens is 2. The maximum absolute atomic E-state index is 12.4. The number of carbonyl (C=O) groups excluding carboxylic acids is 1. The van der Waals surface area contributed by atoms with E-state index in [2.05, 4.69) is 25.3 Å². The summed E-state index contributed by atoms with van der Waals surface area (Å²) in [6.07, 6.45) is 3.47. The number of carbonyl (C=O) groups is 1. The second-order valence-corrected chi connectivity index (χ2v) is 6.71. The lowest BCUT2D eigenvalue weighted by molar-refractivity contribution is -0.119. The first-order chi connectivity index (χ1) is 11.9. The molecule has 0 spiro atoms. The van der Waals surface area contributed by atoms with Crippen molar-refractivity contribution in [3.8, 4) is 10.6 Å². The average molecular weight is 358 g/mol. The number of hydrogen-bond acceptors (Lipinski definition) is 5. The van der Waals surface area contributed by atoms with E-state index in [0.717, 1.165) is 21.3 Å². The summed E-state index contributed by atoms with van der Waals surface area (Å²) < 4.78 is 0. The molecule has 0 aliphatic carbocycles. The fourth-order valence-corrected chi connectivity index (χ4v) is 2.96. The number of aryl methyl sites for hydroxylation is 1. The molecular weight excluding hydrogens is 336 g/mol. The van der Waals surface area contributed by atoms with E-state index in [1.54, 1.807) is 26.2 Å². The molecule has 1 amide bonds. The van der Waals surface area contributed by atoms with Crippen LogP contribution in [-0.2, 0) is 4.79 Å². The third-order valence-electron chi connectivity index (χ3n) is 3.32. The van der Waals surface area contributed by atoms with Gasteiger partial charge in [-0.05, 0) is 32.9 Å². The lowest BCUT2D eigenvalue weighted by Crippen LogP contribution is -2.22. The number of anilines is 1. The Labute approximate surface area is 151 Å². The summed E-state index contributed by atoms with van der Waals surface area (Å²) in [7, 11) is 0. The van der Waals surface area contributed by atoms with Crippen LogP contribution in [0.1, 0.15) is 26.5 Å². The maximum Gasteiger partial charge on any atom is 0.229 e. The van der Waals surface area contributed by atoms with E-state index in [-0.39, 0.29) is 11.8 Å². The number of rotatable bonds is 5. The first-order valence-corrected chi connectivity index (χ1v) is 8.69. The Morgan fingerprint density at radius 3 is 2.84 bits per heavy atom. The van der Waals surface area contributed by atoms with Gasteiger partial charge < -0.3 is 11.1 Å². The SMILES string of the molecule is CC(N)=NC(C)=NCC(C)C(=O)Nc1sc(-c2cccnc2)nc1C. The Balaban J connectivity index is 2.03. The van der Waals surface area contributed by atoms with Crippen molar-refractivity contribution < 1.29 is 4.79 Å². The Kier molecular flexibility index (Phi) is 6.35. The molecule has 1 atom stereocenters. The van der Waals surface area contributed by atoms with Crippen molar-refractivity contribution in [2.24, 2.45) is 21.6 Å². The Morgan fingerprint density at radius 2 is 2.20 bits per heavy atom. The van der Waals surface area contributed by atoms with Gasteiger partial charge >= 0.3 is 0 Å². The van der Waals surface area contributed by atoms with Crippen LogP contribution in [0, 0.1) is 12.8 Å². The minimum absolute atomic E-state index is 0.102. The minimum Gasteiger partial charge on any atom is -0.387 e. The zero-order valence-electron chi connectivity index (χ0n) is 14.8. The van der Waals surface area contributed by atoms with Crippen LogP contribution in [0.2, 0.25) is 0 Å². The van der Waals surface area contributed by atoms with Crippen molar-refractivity contribution in [2.75, 3.05) is 11.9 Å². The number of hydrogen-bond donors (Lipinski definition) is 2. The first kappa shape index (κ1) is 18.7. The van der Waals surface area contributed by atoms with Gasteiger partial charge in [-0.25, -0.2) is 9.98 Å². The maximum atomic E-state index is 12.4. The number of nitrogens with one attached hydrogen (secondary N) is 1. The molecule has 0 aliphatic rings. The molecular formula is C17H22N6OS. The third-order valence-corrected chi connectivity index (χ3v) is 4.44. The molecule has 0 saturated carbocycles. The smallest absolute Gasteiger partial charge is 0.229 e. The molecule has 2 aromatic heterocycles. The van der Waals surface area contributed by atoms with Crippen molar-refractivity contribution >= 4 is 33.9 Å². The van der Waals surface area contributed by atoms with Gasteiger partial charge in [-0.15, -0.1) is 0 Å². The van der Waals surface area contributed by atoms with Crippen molar-refractivity contribution in [2.45, 2.75) is 27.7 Å². The van der Waals surface area contributed by atoms with Crippen LogP contribution in [0.3, 0.4) is 0 Å². The Hall–Kier alpha value is -2.61. The number of nitrogens with zero attached hydrogens (tertiary/aromatic N) is 4. The standard InChI is InChI=1S/C17H22N6OS/c1-10(8-20-13(4)22-12(3)18)15(24)23-16-11(2)21-17(25-16)14-6-5-7-19-9-14/h5-7,9-10H,8H2,1-4H3,(H,23,24)(H2,18,20,22). The summed E-state index contributed by atoms with van der Waals surface area (Å²) in [4.78, 5) is 29.3. The molecule has 25 heavy (non-hydrogen) atoms. The molecule has 0 aliphatic heterocycles. The van der Waals surface area contributed by atoms with Gasteiger partial charge in [-0.1, -0.05) is 18.3 Å². The molecule has 132 valence electrons. The van der Waals surface area contributed by atoms with Crippen LogP contribution in [0.5, 0.6) is 0 Å². The quantitative estimate of drug-likeness (QED) is 0.633. The largest absolute Gasteiger partial charge is 0.387 e. The molecule has 1 unspecified atom stereocenters. The van der Waals surface area contributed by atoms with Crippen LogP contribution in [0.15, 0.2) is 34.5 Å².